The van der Waals surface area contributed by atoms with Gasteiger partial charge in [0.05, 0.1) is 11.5 Å². The first-order valence-corrected chi connectivity index (χ1v) is 5.85. The van der Waals surface area contributed by atoms with Crippen molar-refractivity contribution in [2.75, 3.05) is 6.61 Å². The molecule has 0 aliphatic heterocycles. The van der Waals surface area contributed by atoms with E-state index in [0.717, 1.165) is 0 Å². The lowest BCUT2D eigenvalue weighted by molar-refractivity contribution is -0.384. The maximum atomic E-state index is 11.2. The SMILES string of the molecule is C[14CH2]OP(=O)(O)Oc1ccc([N+](=O)[O-])cc1. The van der Waals surface area contributed by atoms with Gasteiger partial charge in [-0.2, -0.15) is 0 Å². The Morgan fingerprint density at radius 2 is 2.00 bits per heavy atom. The van der Waals surface area contributed by atoms with Crippen LogP contribution < -0.4 is 4.52 Å². The van der Waals surface area contributed by atoms with Crippen molar-refractivity contribution in [1.82, 2.24) is 0 Å². The van der Waals surface area contributed by atoms with Gasteiger partial charge in [-0.3, -0.25) is 19.5 Å². The summed E-state index contributed by atoms with van der Waals surface area (Å²) in [5.74, 6) is 0.0323. The Labute approximate surface area is 91.4 Å². The lowest BCUT2D eigenvalue weighted by atomic mass is 10.3. The minimum Gasteiger partial charge on any atom is -0.404 e. The summed E-state index contributed by atoms with van der Waals surface area (Å²) in [5, 5.41) is 10.3. The fraction of sp³-hybridized carbons (Fsp3) is 0.250. The van der Waals surface area contributed by atoms with Crippen LogP contribution in [0.25, 0.3) is 0 Å². The molecular formula is C8H10NO6P. The average molecular weight is 249 g/mol. The molecule has 0 saturated heterocycles. The number of phosphoric acid groups is 1. The smallest absolute Gasteiger partial charge is 0.404 e. The van der Waals surface area contributed by atoms with E-state index in [0.29, 0.717) is 0 Å². The fourth-order valence-electron chi connectivity index (χ4n) is 0.951. The summed E-state index contributed by atoms with van der Waals surface area (Å²) >= 11 is 0. The normalized spacial score (nSPS) is 14.1. The summed E-state index contributed by atoms with van der Waals surface area (Å²) in [5.41, 5.74) is -0.128. The standard InChI is InChI=1S/C8H10NO6P/c1-2-14-16(12,13)15-8-5-3-7(4-6-8)9(10)11/h3-6H,2H2,1H3,(H,12,13)/i2+2. The Balaban J connectivity index is 2.76. The van der Waals surface area contributed by atoms with E-state index in [1.807, 2.05) is 0 Å². The van der Waals surface area contributed by atoms with Crippen LogP contribution in [0.2, 0.25) is 0 Å². The number of hydrogen-bond acceptors (Lipinski definition) is 5. The van der Waals surface area contributed by atoms with Crippen LogP contribution in [0, 0.1) is 10.1 Å². The van der Waals surface area contributed by atoms with Crippen molar-refractivity contribution in [2.24, 2.45) is 0 Å². The van der Waals surface area contributed by atoms with Gasteiger partial charge in [-0.15, -0.1) is 0 Å². The first-order valence-electron chi connectivity index (χ1n) is 4.36. The van der Waals surface area contributed by atoms with Crippen LogP contribution in [0.3, 0.4) is 0 Å². The van der Waals surface area contributed by atoms with E-state index in [9.17, 15) is 14.7 Å². The van der Waals surface area contributed by atoms with Gasteiger partial charge in [0, 0.05) is 12.1 Å². The zero-order valence-electron chi connectivity index (χ0n) is 8.40. The molecule has 1 atom stereocenters. The number of hydrogen-bond donors (Lipinski definition) is 1. The molecular weight excluding hydrogens is 239 g/mol. The number of nitrogens with zero attached hydrogens (tertiary/aromatic N) is 1. The molecule has 0 fully saturated rings. The van der Waals surface area contributed by atoms with Crippen LogP contribution in [-0.2, 0) is 9.09 Å². The quantitative estimate of drug-likeness (QED) is 0.487. The number of nitro groups is 1. The van der Waals surface area contributed by atoms with Crippen LogP contribution in [0.4, 0.5) is 5.69 Å². The predicted octanol–water partition coefficient (Wildman–Crippen LogP) is 2.11. The molecule has 1 N–H and O–H groups in total. The summed E-state index contributed by atoms with van der Waals surface area (Å²) in [6.07, 6.45) is 0. The maximum absolute atomic E-state index is 11.2. The minimum absolute atomic E-state index is 0.0285. The van der Waals surface area contributed by atoms with Crippen molar-refractivity contribution < 1.29 is 23.4 Å². The van der Waals surface area contributed by atoms with E-state index in [2.05, 4.69) is 9.05 Å². The Morgan fingerprint density at radius 3 is 2.44 bits per heavy atom. The van der Waals surface area contributed by atoms with E-state index < -0.39 is 12.7 Å². The van der Waals surface area contributed by atoms with Gasteiger partial charge in [0.25, 0.3) is 5.69 Å². The Kier molecular flexibility index (Phi) is 4.00. The molecule has 0 amide bonds. The van der Waals surface area contributed by atoms with E-state index >= 15 is 0 Å². The van der Waals surface area contributed by atoms with E-state index in [1.165, 1.54) is 24.3 Å². The van der Waals surface area contributed by atoms with Gasteiger partial charge in [0.1, 0.15) is 5.75 Å². The van der Waals surface area contributed by atoms with Crippen LogP contribution >= 0.6 is 7.82 Å². The minimum atomic E-state index is -4.12. The van der Waals surface area contributed by atoms with E-state index in [-0.39, 0.29) is 18.0 Å². The second-order valence-corrected chi connectivity index (χ2v) is 4.11. The zero-order chi connectivity index (χ0) is 12.2. The maximum Gasteiger partial charge on any atom is 0.527 e. The van der Waals surface area contributed by atoms with Crippen molar-refractivity contribution >= 4 is 13.5 Å². The van der Waals surface area contributed by atoms with Gasteiger partial charge in [-0.1, -0.05) is 0 Å². The number of phosphoric ester groups is 1. The molecule has 0 saturated carbocycles. The summed E-state index contributed by atoms with van der Waals surface area (Å²) in [6, 6.07) is 4.78. The van der Waals surface area contributed by atoms with Crippen LogP contribution in [0.15, 0.2) is 24.3 Å². The molecule has 0 bridgehead atoms. The fourth-order valence-corrected chi connectivity index (χ4v) is 1.72. The van der Waals surface area contributed by atoms with Gasteiger partial charge < -0.3 is 4.52 Å². The Bertz CT molecular complexity index is 417. The van der Waals surface area contributed by atoms with Crippen molar-refractivity contribution in [3.05, 3.63) is 34.4 Å². The highest BCUT2D eigenvalue weighted by Gasteiger charge is 2.22. The van der Waals surface area contributed by atoms with Crippen LogP contribution in [-0.4, -0.2) is 16.4 Å². The lowest BCUT2D eigenvalue weighted by Gasteiger charge is -2.11. The van der Waals surface area contributed by atoms with Gasteiger partial charge in [0.15, 0.2) is 0 Å². The monoisotopic (exact) mass is 249 g/mol. The third-order valence-corrected chi connectivity index (χ3v) is 2.59. The first kappa shape index (κ1) is 12.6. The first-order chi connectivity index (χ1) is 7.44. The van der Waals surface area contributed by atoms with Gasteiger partial charge in [0.2, 0.25) is 0 Å². The highest BCUT2D eigenvalue weighted by atomic mass is 31.2. The molecule has 1 aromatic rings. The third-order valence-electron chi connectivity index (χ3n) is 1.56. The number of non-ortho nitro benzene ring substituents is 1. The number of nitro benzene ring substituents is 1. The zero-order valence-corrected chi connectivity index (χ0v) is 9.29. The molecule has 8 heteroatoms. The molecule has 0 radical (unpaired) electrons. The Hall–Kier alpha value is -1.43. The highest BCUT2D eigenvalue weighted by Crippen LogP contribution is 2.43. The van der Waals surface area contributed by atoms with Gasteiger partial charge in [-0.25, -0.2) is 4.57 Å². The molecule has 1 unspecified atom stereocenters. The molecule has 0 heterocycles. The summed E-state index contributed by atoms with van der Waals surface area (Å²) in [4.78, 5) is 18.9. The van der Waals surface area contributed by atoms with Crippen molar-refractivity contribution in [3.63, 3.8) is 0 Å². The number of benzene rings is 1. The van der Waals surface area contributed by atoms with Crippen LogP contribution in [0.5, 0.6) is 5.75 Å². The van der Waals surface area contributed by atoms with Crippen molar-refractivity contribution in [2.45, 2.75) is 6.92 Å². The second-order valence-electron chi connectivity index (χ2n) is 2.73. The Morgan fingerprint density at radius 1 is 1.44 bits per heavy atom. The summed E-state index contributed by atoms with van der Waals surface area (Å²) in [7, 11) is -4.12. The molecule has 7 nitrogen and oxygen atoms in total. The van der Waals surface area contributed by atoms with Crippen molar-refractivity contribution in [3.8, 4) is 5.75 Å². The topological polar surface area (TPSA) is 98.9 Å². The van der Waals surface area contributed by atoms with Gasteiger partial charge in [-0.05, 0) is 19.1 Å². The largest absolute Gasteiger partial charge is 0.527 e. The van der Waals surface area contributed by atoms with Gasteiger partial charge >= 0.3 is 7.82 Å². The summed E-state index contributed by atoms with van der Waals surface area (Å²) < 4.78 is 20.3. The second kappa shape index (κ2) is 5.07. The molecule has 0 aliphatic rings. The van der Waals surface area contributed by atoms with Crippen molar-refractivity contribution in [1.29, 1.82) is 0 Å². The number of rotatable bonds is 5. The lowest BCUT2D eigenvalue weighted by Crippen LogP contribution is -1.97. The molecule has 1 aromatic carbocycles. The average Bonchev–Trinajstić information content (AvgIpc) is 2.17. The molecule has 0 spiro atoms. The summed E-state index contributed by atoms with van der Waals surface area (Å²) in [6.45, 7) is 1.57. The molecule has 88 valence electrons. The van der Waals surface area contributed by atoms with E-state index in [4.69, 9.17) is 4.89 Å². The molecule has 0 aromatic heterocycles. The highest BCUT2D eigenvalue weighted by molar-refractivity contribution is 7.47. The van der Waals surface area contributed by atoms with E-state index in [1.54, 1.807) is 6.92 Å². The van der Waals surface area contributed by atoms with Crippen LogP contribution in [0.1, 0.15) is 6.92 Å². The molecule has 0 aliphatic carbocycles. The predicted molar refractivity (Wildman–Crippen MR) is 55.2 cm³/mol. The third kappa shape index (κ3) is 3.62. The molecule has 1 rings (SSSR count). The molecule has 16 heavy (non-hydrogen) atoms.